The molecule has 1 aromatic rings. The third-order valence-electron chi connectivity index (χ3n) is 3.91. The van der Waals surface area contributed by atoms with Gasteiger partial charge in [0, 0.05) is 25.4 Å². The molecule has 1 amide bonds. The summed E-state index contributed by atoms with van der Waals surface area (Å²) in [6.07, 6.45) is 2.08. The van der Waals surface area contributed by atoms with Gasteiger partial charge in [-0.25, -0.2) is 0 Å². The molecule has 0 bridgehead atoms. The fraction of sp³-hybridized carbons (Fsp3) is 0.562. The fourth-order valence-electron chi connectivity index (χ4n) is 2.40. The summed E-state index contributed by atoms with van der Waals surface area (Å²) in [7, 11) is 1.62. The van der Waals surface area contributed by atoms with Gasteiger partial charge < -0.3 is 20.1 Å². The molecule has 5 heteroatoms. The summed E-state index contributed by atoms with van der Waals surface area (Å²) in [5.41, 5.74) is 1.01. The molecule has 0 aromatic heterocycles. The second kappa shape index (κ2) is 7.43. The van der Waals surface area contributed by atoms with Crippen LogP contribution in [0.4, 0.5) is 5.69 Å². The molecule has 1 aromatic carbocycles. The van der Waals surface area contributed by atoms with Crippen molar-refractivity contribution in [2.24, 2.45) is 5.41 Å². The molecule has 0 aliphatic carbocycles. The lowest BCUT2D eigenvalue weighted by Crippen LogP contribution is -2.39. The van der Waals surface area contributed by atoms with Gasteiger partial charge in [0.05, 0.1) is 13.7 Å². The lowest BCUT2D eigenvalue weighted by atomic mass is 9.82. The number of amides is 1. The molecular weight excluding hydrogens is 268 g/mol. The number of ether oxygens (including phenoxy) is 2. The Morgan fingerprint density at radius 3 is 2.57 bits per heavy atom. The van der Waals surface area contributed by atoms with Crippen molar-refractivity contribution in [3.8, 4) is 5.75 Å². The Labute approximate surface area is 126 Å². The van der Waals surface area contributed by atoms with Gasteiger partial charge in [-0.1, -0.05) is 6.92 Å². The predicted molar refractivity (Wildman–Crippen MR) is 82.7 cm³/mol. The van der Waals surface area contributed by atoms with Crippen molar-refractivity contribution < 1.29 is 14.3 Å². The van der Waals surface area contributed by atoms with E-state index in [9.17, 15) is 4.79 Å². The van der Waals surface area contributed by atoms with Gasteiger partial charge in [-0.15, -0.1) is 0 Å². The van der Waals surface area contributed by atoms with Crippen LogP contribution in [0.25, 0.3) is 0 Å². The molecule has 1 aliphatic rings. The monoisotopic (exact) mass is 292 g/mol. The molecule has 1 fully saturated rings. The number of nitrogens with one attached hydrogen (secondary N) is 2. The first-order valence-electron chi connectivity index (χ1n) is 7.34. The molecule has 5 nitrogen and oxygen atoms in total. The Hall–Kier alpha value is -1.59. The van der Waals surface area contributed by atoms with Crippen molar-refractivity contribution in [1.29, 1.82) is 0 Å². The minimum absolute atomic E-state index is 0.0316. The molecule has 0 atom stereocenters. The summed E-state index contributed by atoms with van der Waals surface area (Å²) in [5.74, 6) is 0.745. The van der Waals surface area contributed by atoms with Crippen molar-refractivity contribution >= 4 is 11.6 Å². The Morgan fingerprint density at radius 2 is 1.95 bits per heavy atom. The number of benzene rings is 1. The number of carbonyl (C=O) groups excluding carboxylic acids is 1. The summed E-state index contributed by atoms with van der Waals surface area (Å²) in [6, 6.07) is 7.31. The van der Waals surface area contributed by atoms with Crippen LogP contribution in [0, 0.1) is 5.41 Å². The van der Waals surface area contributed by atoms with Gasteiger partial charge in [0.15, 0.2) is 0 Å². The molecule has 21 heavy (non-hydrogen) atoms. The maximum absolute atomic E-state index is 11.9. The first-order chi connectivity index (χ1) is 10.1. The molecule has 0 unspecified atom stereocenters. The molecule has 0 saturated carbocycles. The van der Waals surface area contributed by atoms with E-state index in [0.717, 1.165) is 44.0 Å². The molecular formula is C16H24N2O3. The van der Waals surface area contributed by atoms with Gasteiger partial charge in [0.25, 0.3) is 0 Å². The van der Waals surface area contributed by atoms with Gasteiger partial charge in [0.1, 0.15) is 5.75 Å². The second-order valence-corrected chi connectivity index (χ2v) is 5.80. The van der Waals surface area contributed by atoms with Crippen molar-refractivity contribution in [2.75, 3.05) is 38.7 Å². The van der Waals surface area contributed by atoms with Crippen LogP contribution in [-0.2, 0) is 9.53 Å². The molecule has 0 radical (unpaired) electrons. The smallest absolute Gasteiger partial charge is 0.238 e. The van der Waals surface area contributed by atoms with Crippen LogP contribution in [0.1, 0.15) is 19.8 Å². The zero-order valence-corrected chi connectivity index (χ0v) is 12.8. The summed E-state index contributed by atoms with van der Waals surface area (Å²) in [6.45, 7) is 5.03. The SMILES string of the molecule is COc1ccc(NC(=O)CNCC2(C)CCOCC2)cc1. The number of anilines is 1. The van der Waals surface area contributed by atoms with E-state index >= 15 is 0 Å². The predicted octanol–water partition coefficient (Wildman–Crippen LogP) is 2.04. The first kappa shape index (κ1) is 15.8. The zero-order valence-electron chi connectivity index (χ0n) is 12.8. The van der Waals surface area contributed by atoms with E-state index in [1.54, 1.807) is 7.11 Å². The van der Waals surface area contributed by atoms with Gasteiger partial charge in [-0.05, 0) is 42.5 Å². The van der Waals surface area contributed by atoms with Crippen molar-refractivity contribution in [1.82, 2.24) is 5.32 Å². The first-order valence-corrected chi connectivity index (χ1v) is 7.34. The molecule has 116 valence electrons. The van der Waals surface area contributed by atoms with Crippen LogP contribution in [0.15, 0.2) is 24.3 Å². The van der Waals surface area contributed by atoms with E-state index < -0.39 is 0 Å². The zero-order chi connectivity index (χ0) is 15.1. The van der Waals surface area contributed by atoms with Gasteiger partial charge in [-0.3, -0.25) is 4.79 Å². The average Bonchev–Trinajstić information content (AvgIpc) is 2.48. The largest absolute Gasteiger partial charge is 0.497 e. The van der Waals surface area contributed by atoms with Gasteiger partial charge >= 0.3 is 0 Å². The standard InChI is InChI=1S/C16H24N2O3/c1-16(7-9-21-10-8-16)12-17-11-15(19)18-13-3-5-14(20-2)6-4-13/h3-6,17H,7-12H2,1-2H3,(H,18,19). The minimum Gasteiger partial charge on any atom is -0.497 e. The van der Waals surface area contributed by atoms with Crippen LogP contribution >= 0.6 is 0 Å². The number of hydrogen-bond acceptors (Lipinski definition) is 4. The summed E-state index contributed by atoms with van der Waals surface area (Å²) in [4.78, 5) is 11.9. The highest BCUT2D eigenvalue weighted by Gasteiger charge is 2.26. The fourth-order valence-corrected chi connectivity index (χ4v) is 2.40. The van der Waals surface area contributed by atoms with Crippen molar-refractivity contribution in [2.45, 2.75) is 19.8 Å². The molecule has 2 N–H and O–H groups in total. The second-order valence-electron chi connectivity index (χ2n) is 5.80. The maximum Gasteiger partial charge on any atom is 0.238 e. The topological polar surface area (TPSA) is 59.6 Å². The van der Waals surface area contributed by atoms with E-state index in [1.807, 2.05) is 24.3 Å². The Bertz CT molecular complexity index is 453. The highest BCUT2D eigenvalue weighted by Crippen LogP contribution is 2.28. The summed E-state index contributed by atoms with van der Waals surface area (Å²) >= 11 is 0. The lowest BCUT2D eigenvalue weighted by molar-refractivity contribution is -0.115. The van der Waals surface area contributed by atoms with Crippen LogP contribution in [0.2, 0.25) is 0 Å². The highest BCUT2D eigenvalue weighted by atomic mass is 16.5. The summed E-state index contributed by atoms with van der Waals surface area (Å²) < 4.78 is 10.5. The van der Waals surface area contributed by atoms with Crippen molar-refractivity contribution in [3.05, 3.63) is 24.3 Å². The minimum atomic E-state index is -0.0316. The van der Waals surface area contributed by atoms with Crippen molar-refractivity contribution in [3.63, 3.8) is 0 Å². The Balaban J connectivity index is 1.71. The van der Waals surface area contributed by atoms with E-state index in [-0.39, 0.29) is 11.3 Å². The molecule has 2 rings (SSSR count). The quantitative estimate of drug-likeness (QED) is 0.842. The maximum atomic E-state index is 11.9. The summed E-state index contributed by atoms with van der Waals surface area (Å²) in [5, 5.41) is 6.11. The van der Waals surface area contributed by atoms with E-state index in [0.29, 0.717) is 6.54 Å². The van der Waals surface area contributed by atoms with Crippen LogP contribution < -0.4 is 15.4 Å². The number of carbonyl (C=O) groups is 1. The number of rotatable bonds is 6. The van der Waals surface area contributed by atoms with Crippen LogP contribution in [0.5, 0.6) is 5.75 Å². The number of methoxy groups -OCH3 is 1. The van der Waals surface area contributed by atoms with Gasteiger partial charge in [0.2, 0.25) is 5.91 Å². The highest BCUT2D eigenvalue weighted by molar-refractivity contribution is 5.92. The Morgan fingerprint density at radius 1 is 1.29 bits per heavy atom. The molecule has 1 aliphatic heterocycles. The van der Waals surface area contributed by atoms with Gasteiger partial charge in [-0.2, -0.15) is 0 Å². The third-order valence-corrected chi connectivity index (χ3v) is 3.91. The Kier molecular flexibility index (Phi) is 5.59. The van der Waals surface area contributed by atoms with E-state index in [4.69, 9.17) is 9.47 Å². The van der Waals surface area contributed by atoms with Crippen LogP contribution in [0.3, 0.4) is 0 Å². The van der Waals surface area contributed by atoms with E-state index in [2.05, 4.69) is 17.6 Å². The van der Waals surface area contributed by atoms with E-state index in [1.165, 1.54) is 0 Å². The molecule has 0 spiro atoms. The average molecular weight is 292 g/mol. The molecule has 1 saturated heterocycles. The lowest BCUT2D eigenvalue weighted by Gasteiger charge is -2.33. The third kappa shape index (κ3) is 5.02. The number of hydrogen-bond donors (Lipinski definition) is 2. The normalized spacial score (nSPS) is 17.2. The van der Waals surface area contributed by atoms with Crippen LogP contribution in [-0.4, -0.2) is 39.3 Å². The molecule has 1 heterocycles.